The highest BCUT2D eigenvalue weighted by Crippen LogP contribution is 2.54. The van der Waals surface area contributed by atoms with Crippen molar-refractivity contribution in [1.29, 1.82) is 0 Å². The molecule has 3 N–H and O–H groups in total. The van der Waals surface area contributed by atoms with E-state index in [0.717, 1.165) is 25.9 Å². The van der Waals surface area contributed by atoms with Gasteiger partial charge in [0, 0.05) is 23.5 Å². The lowest BCUT2D eigenvalue weighted by atomic mass is 9.62. The molecule has 27 heavy (non-hydrogen) atoms. The summed E-state index contributed by atoms with van der Waals surface area (Å²) in [7, 11) is 0. The van der Waals surface area contributed by atoms with E-state index < -0.39 is 0 Å². The number of aliphatic hydroxyl groups is 1. The first-order valence-corrected chi connectivity index (χ1v) is 11.5. The third-order valence-corrected chi connectivity index (χ3v) is 8.15. The van der Waals surface area contributed by atoms with Gasteiger partial charge in [-0.25, -0.2) is 0 Å². The van der Waals surface area contributed by atoms with E-state index in [1.165, 1.54) is 57.8 Å². The minimum absolute atomic E-state index is 0.121. The monoisotopic (exact) mass is 373 g/mol. The Bertz CT molecular complexity index is 591. The smallest absolute Gasteiger partial charge is 0.0694 e. The quantitative estimate of drug-likeness (QED) is 0.675. The Labute approximate surface area is 165 Å². The number of hydrogen-bond donors (Lipinski definition) is 2. The summed E-state index contributed by atoms with van der Waals surface area (Å²) in [6.07, 6.45) is 21.9. The summed E-state index contributed by atoms with van der Waals surface area (Å²) in [5.41, 5.74) is 8.07. The molecule has 1 aliphatic heterocycles. The van der Waals surface area contributed by atoms with E-state index in [4.69, 9.17) is 10.5 Å². The van der Waals surface area contributed by atoms with Crippen LogP contribution in [0.3, 0.4) is 0 Å². The summed E-state index contributed by atoms with van der Waals surface area (Å²) in [5, 5.41) is 9.76. The fourth-order valence-electron chi connectivity index (χ4n) is 6.37. The Kier molecular flexibility index (Phi) is 5.57. The van der Waals surface area contributed by atoms with Gasteiger partial charge in [0.05, 0.1) is 12.2 Å². The molecule has 3 aliphatic carbocycles. The van der Waals surface area contributed by atoms with Crippen molar-refractivity contribution in [2.45, 2.75) is 95.1 Å². The van der Waals surface area contributed by atoms with E-state index in [0.29, 0.717) is 11.8 Å². The average Bonchev–Trinajstić information content (AvgIpc) is 3.11. The molecule has 1 saturated heterocycles. The van der Waals surface area contributed by atoms with Crippen LogP contribution in [0.4, 0.5) is 0 Å². The average molecular weight is 374 g/mol. The summed E-state index contributed by atoms with van der Waals surface area (Å²) < 4.78 is 6.31. The van der Waals surface area contributed by atoms with Gasteiger partial charge in [0.1, 0.15) is 0 Å². The first-order chi connectivity index (χ1) is 13.0. The highest BCUT2D eigenvalue weighted by molar-refractivity contribution is 5.32. The Hall–Kier alpha value is -0.640. The summed E-state index contributed by atoms with van der Waals surface area (Å²) in [6.45, 7) is 3.37. The van der Waals surface area contributed by atoms with Crippen LogP contribution in [0.15, 0.2) is 23.8 Å². The van der Waals surface area contributed by atoms with Gasteiger partial charge in [-0.3, -0.25) is 0 Å². The standard InChI is InChI=1S/C24H39NO2/c1-2-3-9-22(21-8-12-23(25,17-21)18-26)11-6-20-16-24(10-4-5-14-27-24)13-7-19(20)15-22/h6,11,15,20-21,26H,2-5,7-10,12-14,16-18,25H2,1H3/t20?,21-,22?,23+,24?/m0/s1. The van der Waals surface area contributed by atoms with Crippen LogP contribution in [0, 0.1) is 17.3 Å². The number of ether oxygens (including phenoxy) is 1. The van der Waals surface area contributed by atoms with Crippen molar-refractivity contribution in [3.05, 3.63) is 23.8 Å². The van der Waals surface area contributed by atoms with Crippen LogP contribution in [-0.2, 0) is 4.74 Å². The maximum atomic E-state index is 9.76. The zero-order valence-electron chi connectivity index (χ0n) is 17.2. The lowest BCUT2D eigenvalue weighted by Gasteiger charge is -2.47. The molecule has 3 heteroatoms. The predicted molar refractivity (Wildman–Crippen MR) is 110 cm³/mol. The zero-order valence-corrected chi connectivity index (χ0v) is 17.2. The van der Waals surface area contributed by atoms with Gasteiger partial charge in [-0.1, -0.05) is 43.6 Å². The minimum atomic E-state index is -0.361. The fourth-order valence-corrected chi connectivity index (χ4v) is 6.37. The van der Waals surface area contributed by atoms with Crippen molar-refractivity contribution >= 4 is 0 Å². The van der Waals surface area contributed by atoms with E-state index in [-0.39, 0.29) is 23.2 Å². The van der Waals surface area contributed by atoms with Crippen LogP contribution in [-0.4, -0.2) is 29.5 Å². The van der Waals surface area contributed by atoms with Gasteiger partial charge in [-0.15, -0.1) is 0 Å². The summed E-state index contributed by atoms with van der Waals surface area (Å²) in [5.74, 6) is 1.15. The summed E-state index contributed by atoms with van der Waals surface area (Å²) in [4.78, 5) is 0. The minimum Gasteiger partial charge on any atom is -0.394 e. The third kappa shape index (κ3) is 3.80. The van der Waals surface area contributed by atoms with Crippen molar-refractivity contribution in [2.24, 2.45) is 23.0 Å². The summed E-state index contributed by atoms with van der Waals surface area (Å²) >= 11 is 0. The SMILES string of the molecule is CCCCC1([C@H]2CC[C@](N)(CO)C2)C=CC2CC3(CCCCO3)CCC2=C1. The molecule has 4 aliphatic rings. The lowest BCUT2D eigenvalue weighted by Crippen LogP contribution is -2.43. The van der Waals surface area contributed by atoms with Gasteiger partial charge < -0.3 is 15.6 Å². The van der Waals surface area contributed by atoms with Gasteiger partial charge >= 0.3 is 0 Å². The van der Waals surface area contributed by atoms with Crippen LogP contribution in [0.25, 0.3) is 0 Å². The van der Waals surface area contributed by atoms with E-state index in [1.54, 1.807) is 5.57 Å². The topological polar surface area (TPSA) is 55.5 Å². The van der Waals surface area contributed by atoms with Crippen LogP contribution >= 0.6 is 0 Å². The molecule has 4 rings (SSSR count). The molecule has 3 nitrogen and oxygen atoms in total. The predicted octanol–water partition coefficient (Wildman–Crippen LogP) is 4.89. The van der Waals surface area contributed by atoms with Gasteiger partial charge in [-0.2, -0.15) is 0 Å². The van der Waals surface area contributed by atoms with E-state index >= 15 is 0 Å². The molecule has 0 aromatic heterocycles. The highest BCUT2D eigenvalue weighted by atomic mass is 16.5. The molecule has 0 aromatic rings. The number of fused-ring (bicyclic) bond motifs is 1. The van der Waals surface area contributed by atoms with E-state index in [1.807, 2.05) is 0 Å². The Morgan fingerprint density at radius 1 is 1.22 bits per heavy atom. The molecule has 0 radical (unpaired) electrons. The Morgan fingerprint density at radius 3 is 2.81 bits per heavy atom. The van der Waals surface area contributed by atoms with E-state index in [2.05, 4.69) is 25.2 Å². The van der Waals surface area contributed by atoms with Crippen molar-refractivity contribution in [3.8, 4) is 0 Å². The third-order valence-electron chi connectivity index (χ3n) is 8.15. The second-order valence-electron chi connectivity index (χ2n) is 10.1. The lowest BCUT2D eigenvalue weighted by molar-refractivity contribution is -0.0999. The van der Waals surface area contributed by atoms with Crippen LogP contribution in [0.5, 0.6) is 0 Å². The van der Waals surface area contributed by atoms with Crippen LogP contribution < -0.4 is 5.73 Å². The van der Waals surface area contributed by atoms with Crippen LogP contribution in [0.1, 0.15) is 84.0 Å². The fraction of sp³-hybridized carbons (Fsp3) is 0.833. The van der Waals surface area contributed by atoms with Gasteiger partial charge in [0.2, 0.25) is 0 Å². The number of unbranched alkanes of at least 4 members (excludes halogenated alkanes) is 1. The van der Waals surface area contributed by atoms with E-state index in [9.17, 15) is 5.11 Å². The number of hydrogen-bond acceptors (Lipinski definition) is 3. The zero-order chi connectivity index (χ0) is 19.0. The van der Waals surface area contributed by atoms with Gasteiger partial charge in [0.25, 0.3) is 0 Å². The Balaban J connectivity index is 1.54. The first kappa shape index (κ1) is 19.7. The number of allylic oxidation sites excluding steroid dienone is 4. The summed E-state index contributed by atoms with van der Waals surface area (Å²) in [6, 6.07) is 0. The largest absolute Gasteiger partial charge is 0.394 e. The number of rotatable bonds is 5. The maximum Gasteiger partial charge on any atom is 0.0694 e. The molecule has 3 fully saturated rings. The second kappa shape index (κ2) is 7.65. The van der Waals surface area contributed by atoms with Crippen molar-refractivity contribution in [3.63, 3.8) is 0 Å². The number of aliphatic hydroxyl groups excluding tert-OH is 1. The van der Waals surface area contributed by atoms with Gasteiger partial charge in [0.15, 0.2) is 0 Å². The highest BCUT2D eigenvalue weighted by Gasteiger charge is 2.47. The van der Waals surface area contributed by atoms with Crippen molar-refractivity contribution in [1.82, 2.24) is 0 Å². The van der Waals surface area contributed by atoms with Crippen LogP contribution in [0.2, 0.25) is 0 Å². The molecular weight excluding hydrogens is 334 g/mol. The van der Waals surface area contributed by atoms with Gasteiger partial charge in [-0.05, 0) is 70.1 Å². The van der Waals surface area contributed by atoms with Crippen molar-refractivity contribution < 1.29 is 9.84 Å². The molecule has 1 heterocycles. The molecular formula is C24H39NO2. The normalized spacial score (nSPS) is 44.3. The molecule has 0 amide bonds. The first-order valence-electron chi connectivity index (χ1n) is 11.5. The molecule has 3 unspecified atom stereocenters. The number of nitrogens with two attached hydrogens (primary N) is 1. The molecule has 2 saturated carbocycles. The second-order valence-corrected chi connectivity index (χ2v) is 10.1. The van der Waals surface area contributed by atoms with Crippen molar-refractivity contribution in [2.75, 3.05) is 13.2 Å². The maximum absolute atomic E-state index is 9.76. The molecule has 0 bridgehead atoms. The molecule has 152 valence electrons. The molecule has 0 aromatic carbocycles. The molecule has 5 atom stereocenters. The molecule has 1 spiro atoms. The Morgan fingerprint density at radius 2 is 2.11 bits per heavy atom.